The molecule has 0 unspecified atom stereocenters. The Bertz CT molecular complexity index is 833. The van der Waals surface area contributed by atoms with Gasteiger partial charge >= 0.3 is 5.97 Å². The molecule has 4 heteroatoms. The average molecular weight is 400 g/mol. The molecular formula is C24H30ClNO2. The fraction of sp³-hybridized carbons (Fsp3) is 0.458. The van der Waals surface area contributed by atoms with Gasteiger partial charge in [-0.05, 0) is 66.2 Å². The van der Waals surface area contributed by atoms with Crippen LogP contribution < -0.4 is 0 Å². The number of ether oxygens (including phenoxy) is 1. The third-order valence-electron chi connectivity index (χ3n) is 6.61. The number of aryl methyl sites for hydroxylation is 1. The normalized spacial score (nSPS) is 23.5. The lowest BCUT2D eigenvalue weighted by atomic mass is 9.78. The van der Waals surface area contributed by atoms with Gasteiger partial charge in [-0.2, -0.15) is 0 Å². The lowest BCUT2D eigenvalue weighted by Crippen LogP contribution is -2.38. The third-order valence-corrected chi connectivity index (χ3v) is 6.61. The van der Waals surface area contributed by atoms with E-state index in [-0.39, 0.29) is 18.4 Å². The second-order valence-corrected chi connectivity index (χ2v) is 7.86. The molecule has 2 aliphatic rings. The van der Waals surface area contributed by atoms with Crippen molar-refractivity contribution in [1.82, 2.24) is 4.90 Å². The van der Waals surface area contributed by atoms with Gasteiger partial charge in [0.05, 0.1) is 12.7 Å². The Hall–Kier alpha value is -1.84. The van der Waals surface area contributed by atoms with Crippen molar-refractivity contribution < 1.29 is 9.53 Å². The minimum atomic E-state index is -0.268. The van der Waals surface area contributed by atoms with Crippen molar-refractivity contribution in [3.8, 4) is 0 Å². The highest BCUT2D eigenvalue weighted by Gasteiger charge is 2.43. The van der Waals surface area contributed by atoms with Gasteiger partial charge in [0.1, 0.15) is 0 Å². The fourth-order valence-corrected chi connectivity index (χ4v) is 5.11. The number of esters is 1. The molecule has 0 saturated carbocycles. The predicted octanol–water partition coefficient (Wildman–Crippen LogP) is 5.03. The van der Waals surface area contributed by atoms with E-state index in [4.69, 9.17) is 4.74 Å². The fourth-order valence-electron chi connectivity index (χ4n) is 5.11. The summed E-state index contributed by atoms with van der Waals surface area (Å²) in [6.07, 6.45) is 2.30. The maximum absolute atomic E-state index is 11.8. The van der Waals surface area contributed by atoms with Gasteiger partial charge in [0.25, 0.3) is 0 Å². The van der Waals surface area contributed by atoms with Crippen molar-refractivity contribution in [3.63, 3.8) is 0 Å². The predicted molar refractivity (Wildman–Crippen MR) is 116 cm³/mol. The largest absolute Gasteiger partial charge is 0.465 e. The number of carbonyl (C=O) groups is 1. The van der Waals surface area contributed by atoms with Crippen LogP contribution in [-0.4, -0.2) is 37.6 Å². The highest BCUT2D eigenvalue weighted by molar-refractivity contribution is 5.89. The van der Waals surface area contributed by atoms with Crippen LogP contribution in [0, 0.1) is 5.92 Å². The van der Waals surface area contributed by atoms with Crippen LogP contribution in [0.4, 0.5) is 0 Å². The Morgan fingerprint density at radius 2 is 1.86 bits per heavy atom. The summed E-state index contributed by atoms with van der Waals surface area (Å²) in [4.78, 5) is 14.4. The summed E-state index contributed by atoms with van der Waals surface area (Å²) in [5.41, 5.74) is 6.41. The standard InChI is InChI=1S/C24H29NO2.ClH/c1-4-16-6-11-19-21(14-16)23(20-12-13-25(5-2)15-22(19)20)17-7-9-18(10-8-17)24(26)27-3;/h6-11,14,20,22-23H,4-5,12-13,15H2,1-3H3;1H/t20-,22-,23+;/m1./s1. The van der Waals surface area contributed by atoms with E-state index in [9.17, 15) is 4.79 Å². The molecule has 3 nitrogen and oxygen atoms in total. The number of benzene rings is 2. The molecule has 150 valence electrons. The molecular weight excluding hydrogens is 370 g/mol. The van der Waals surface area contributed by atoms with Gasteiger partial charge in [-0.1, -0.05) is 44.2 Å². The Morgan fingerprint density at radius 1 is 1.11 bits per heavy atom. The van der Waals surface area contributed by atoms with Gasteiger partial charge in [0.15, 0.2) is 0 Å². The molecule has 1 aliphatic carbocycles. The molecule has 2 aromatic rings. The van der Waals surface area contributed by atoms with Crippen molar-refractivity contribution in [2.24, 2.45) is 5.92 Å². The summed E-state index contributed by atoms with van der Waals surface area (Å²) >= 11 is 0. The van der Waals surface area contributed by atoms with Gasteiger partial charge in [-0.25, -0.2) is 4.79 Å². The summed E-state index contributed by atoms with van der Waals surface area (Å²) in [5.74, 6) is 1.43. The summed E-state index contributed by atoms with van der Waals surface area (Å²) in [7, 11) is 1.43. The minimum Gasteiger partial charge on any atom is -0.465 e. The second-order valence-electron chi connectivity index (χ2n) is 7.86. The van der Waals surface area contributed by atoms with Crippen LogP contribution in [-0.2, 0) is 11.2 Å². The summed E-state index contributed by atoms with van der Waals surface area (Å²) in [6.45, 7) is 7.96. The molecule has 0 bridgehead atoms. The van der Waals surface area contributed by atoms with Crippen molar-refractivity contribution in [2.75, 3.05) is 26.7 Å². The molecule has 28 heavy (non-hydrogen) atoms. The molecule has 4 rings (SSSR count). The summed E-state index contributed by atoms with van der Waals surface area (Å²) < 4.78 is 4.85. The van der Waals surface area contributed by atoms with Gasteiger partial charge in [-0.3, -0.25) is 0 Å². The summed E-state index contributed by atoms with van der Waals surface area (Å²) in [6, 6.07) is 15.2. The van der Waals surface area contributed by atoms with E-state index in [1.165, 1.54) is 42.3 Å². The number of nitrogens with zero attached hydrogens (tertiary/aromatic N) is 1. The van der Waals surface area contributed by atoms with Crippen LogP contribution in [0.15, 0.2) is 42.5 Å². The van der Waals surface area contributed by atoms with E-state index in [0.717, 1.165) is 19.5 Å². The van der Waals surface area contributed by atoms with Crippen molar-refractivity contribution in [3.05, 3.63) is 70.3 Å². The first kappa shape index (κ1) is 20.9. The Kier molecular flexibility index (Phi) is 6.47. The van der Waals surface area contributed by atoms with Gasteiger partial charge < -0.3 is 9.64 Å². The van der Waals surface area contributed by atoms with Gasteiger partial charge in [0.2, 0.25) is 0 Å². The second kappa shape index (κ2) is 8.67. The third kappa shape index (κ3) is 3.58. The van der Waals surface area contributed by atoms with Crippen molar-refractivity contribution in [1.29, 1.82) is 0 Å². The number of halogens is 1. The van der Waals surface area contributed by atoms with Crippen molar-refractivity contribution in [2.45, 2.75) is 38.5 Å². The van der Waals surface area contributed by atoms with Crippen LogP contribution in [0.2, 0.25) is 0 Å². The molecule has 1 saturated heterocycles. The molecule has 0 amide bonds. The lowest BCUT2D eigenvalue weighted by Gasteiger charge is -2.37. The molecule has 0 spiro atoms. The highest BCUT2D eigenvalue weighted by Crippen LogP contribution is 2.53. The Balaban J connectivity index is 0.00000225. The molecule has 2 aromatic carbocycles. The van der Waals surface area contributed by atoms with Crippen LogP contribution in [0.1, 0.15) is 64.7 Å². The van der Waals surface area contributed by atoms with Crippen molar-refractivity contribution >= 4 is 18.4 Å². The first-order chi connectivity index (χ1) is 13.2. The van der Waals surface area contributed by atoms with Crippen LogP contribution in [0.5, 0.6) is 0 Å². The zero-order valence-corrected chi connectivity index (χ0v) is 17.8. The minimum absolute atomic E-state index is 0. The summed E-state index contributed by atoms with van der Waals surface area (Å²) in [5, 5.41) is 0. The zero-order chi connectivity index (χ0) is 19.0. The monoisotopic (exact) mass is 399 g/mol. The number of hydrogen-bond acceptors (Lipinski definition) is 3. The van der Waals surface area contributed by atoms with Gasteiger partial charge in [0, 0.05) is 18.4 Å². The lowest BCUT2D eigenvalue weighted by molar-refractivity contribution is 0.0600. The number of likely N-dealkylation sites (tertiary alicyclic amines) is 1. The van der Waals surface area contributed by atoms with E-state index >= 15 is 0 Å². The molecule has 0 N–H and O–H groups in total. The quantitative estimate of drug-likeness (QED) is 0.675. The van der Waals surface area contributed by atoms with Crippen LogP contribution in [0.3, 0.4) is 0 Å². The average Bonchev–Trinajstić information content (AvgIpc) is 3.05. The smallest absolute Gasteiger partial charge is 0.337 e. The van der Waals surface area contributed by atoms with Gasteiger partial charge in [-0.15, -0.1) is 12.4 Å². The van der Waals surface area contributed by atoms with E-state index in [1.54, 1.807) is 0 Å². The number of rotatable bonds is 4. The van der Waals surface area contributed by atoms with E-state index in [2.05, 4.69) is 49.1 Å². The number of likely N-dealkylation sites (N-methyl/N-ethyl adjacent to an activating group) is 1. The van der Waals surface area contributed by atoms with Crippen LogP contribution >= 0.6 is 12.4 Å². The SMILES string of the molecule is CCc1ccc2c(c1)[C@@H](c1ccc(C(=O)OC)cc1)[C@@H]1CCN(CC)C[C@H]21.Cl. The number of piperidine rings is 1. The molecule has 1 fully saturated rings. The molecule has 0 aromatic heterocycles. The molecule has 1 heterocycles. The van der Waals surface area contributed by atoms with E-state index in [0.29, 0.717) is 23.3 Å². The first-order valence-corrected chi connectivity index (χ1v) is 10.2. The number of methoxy groups -OCH3 is 1. The first-order valence-electron chi connectivity index (χ1n) is 10.2. The zero-order valence-electron chi connectivity index (χ0n) is 17.0. The highest BCUT2D eigenvalue weighted by atomic mass is 35.5. The number of carbonyl (C=O) groups excluding carboxylic acids is 1. The molecule has 0 radical (unpaired) electrons. The van der Waals surface area contributed by atoms with Crippen LogP contribution in [0.25, 0.3) is 0 Å². The maximum Gasteiger partial charge on any atom is 0.337 e. The Labute approximate surface area is 174 Å². The topological polar surface area (TPSA) is 29.5 Å². The molecule has 3 atom stereocenters. The van der Waals surface area contributed by atoms with E-state index in [1.807, 2.05) is 12.1 Å². The number of fused-ring (bicyclic) bond motifs is 3. The Morgan fingerprint density at radius 3 is 2.50 bits per heavy atom. The maximum atomic E-state index is 11.8. The van der Waals surface area contributed by atoms with E-state index < -0.39 is 0 Å². The molecule has 1 aliphatic heterocycles. The number of hydrogen-bond donors (Lipinski definition) is 0.